The molecule has 1 unspecified atom stereocenters. The molecule has 110 valence electrons. The highest BCUT2D eigenvalue weighted by Gasteiger charge is 2.27. The van der Waals surface area contributed by atoms with E-state index in [0.717, 1.165) is 19.2 Å². The van der Waals surface area contributed by atoms with Gasteiger partial charge in [0.15, 0.2) is 6.04 Å². The molecule has 0 aliphatic heterocycles. The summed E-state index contributed by atoms with van der Waals surface area (Å²) in [7, 11) is 1.15. The predicted octanol–water partition coefficient (Wildman–Crippen LogP) is 3.94. The van der Waals surface area contributed by atoms with E-state index in [1.54, 1.807) is 24.3 Å². The number of methoxy groups -OCH3 is 1. The van der Waals surface area contributed by atoms with E-state index < -0.39 is 23.6 Å². The predicted molar refractivity (Wildman–Crippen MR) is 76.2 cm³/mol. The zero-order chi connectivity index (χ0) is 15.4. The molecule has 0 saturated heterocycles. The minimum atomic E-state index is -1.29. The normalized spacial score (nSPS) is 11.8. The van der Waals surface area contributed by atoms with Gasteiger partial charge in [0.1, 0.15) is 11.6 Å². The summed E-state index contributed by atoms with van der Waals surface area (Å²) in [6.45, 7) is 0. The van der Waals surface area contributed by atoms with Gasteiger partial charge in [-0.05, 0) is 36.4 Å². The van der Waals surface area contributed by atoms with Crippen molar-refractivity contribution in [2.24, 2.45) is 0 Å². The molecule has 2 aromatic rings. The first-order valence-electron chi connectivity index (χ1n) is 6.06. The van der Waals surface area contributed by atoms with Gasteiger partial charge in [0.25, 0.3) is 0 Å². The van der Waals surface area contributed by atoms with E-state index in [-0.39, 0.29) is 5.56 Å². The van der Waals surface area contributed by atoms with E-state index in [0.29, 0.717) is 10.7 Å². The summed E-state index contributed by atoms with van der Waals surface area (Å²) in [6.07, 6.45) is 0. The van der Waals surface area contributed by atoms with Gasteiger partial charge < -0.3 is 10.1 Å². The maximum atomic E-state index is 13.9. The molecule has 1 atom stereocenters. The highest BCUT2D eigenvalue weighted by Crippen LogP contribution is 2.26. The average Bonchev–Trinajstić information content (AvgIpc) is 2.47. The fourth-order valence-corrected chi connectivity index (χ4v) is 1.99. The second kappa shape index (κ2) is 6.54. The molecule has 0 fully saturated rings. The number of ether oxygens (including phenoxy) is 1. The number of halogens is 3. The molecule has 0 aliphatic carbocycles. The van der Waals surface area contributed by atoms with Crippen LogP contribution in [-0.2, 0) is 9.53 Å². The van der Waals surface area contributed by atoms with Gasteiger partial charge in [0.05, 0.1) is 12.7 Å². The van der Waals surface area contributed by atoms with Crippen LogP contribution in [0, 0.1) is 11.6 Å². The van der Waals surface area contributed by atoms with Gasteiger partial charge in [-0.1, -0.05) is 17.7 Å². The number of carbonyl (C=O) groups is 1. The van der Waals surface area contributed by atoms with E-state index in [9.17, 15) is 13.6 Å². The van der Waals surface area contributed by atoms with E-state index in [1.807, 2.05) is 0 Å². The zero-order valence-corrected chi connectivity index (χ0v) is 11.8. The van der Waals surface area contributed by atoms with Gasteiger partial charge in [-0.25, -0.2) is 13.6 Å². The molecule has 0 amide bonds. The van der Waals surface area contributed by atoms with Crippen molar-refractivity contribution in [2.45, 2.75) is 6.04 Å². The van der Waals surface area contributed by atoms with Crippen molar-refractivity contribution < 1.29 is 18.3 Å². The number of benzene rings is 2. The highest BCUT2D eigenvalue weighted by molar-refractivity contribution is 6.30. The van der Waals surface area contributed by atoms with E-state index in [1.165, 1.54) is 6.07 Å². The van der Waals surface area contributed by atoms with Crippen LogP contribution in [0.1, 0.15) is 11.6 Å². The Morgan fingerprint density at radius 2 is 1.71 bits per heavy atom. The Kier molecular flexibility index (Phi) is 4.75. The third-order valence-corrected chi connectivity index (χ3v) is 3.13. The Morgan fingerprint density at radius 1 is 1.14 bits per heavy atom. The quantitative estimate of drug-likeness (QED) is 0.869. The molecular weight excluding hydrogens is 300 g/mol. The van der Waals surface area contributed by atoms with Crippen LogP contribution in [0.5, 0.6) is 0 Å². The number of hydrogen-bond donors (Lipinski definition) is 1. The molecule has 2 aromatic carbocycles. The summed E-state index contributed by atoms with van der Waals surface area (Å²) in [6, 6.07) is 8.47. The van der Waals surface area contributed by atoms with Crippen LogP contribution in [-0.4, -0.2) is 13.1 Å². The van der Waals surface area contributed by atoms with E-state index in [4.69, 9.17) is 11.6 Å². The van der Waals surface area contributed by atoms with Crippen molar-refractivity contribution >= 4 is 23.3 Å². The molecule has 2 rings (SSSR count). The fourth-order valence-electron chi connectivity index (χ4n) is 1.87. The minimum Gasteiger partial charge on any atom is -0.467 e. The smallest absolute Gasteiger partial charge is 0.333 e. The van der Waals surface area contributed by atoms with Crippen LogP contribution in [0.25, 0.3) is 0 Å². The molecule has 0 aromatic heterocycles. The monoisotopic (exact) mass is 311 g/mol. The summed E-state index contributed by atoms with van der Waals surface area (Å²) in [5, 5.41) is 3.25. The molecule has 0 saturated carbocycles. The Morgan fingerprint density at radius 3 is 2.24 bits per heavy atom. The van der Waals surface area contributed by atoms with Crippen molar-refractivity contribution in [1.29, 1.82) is 0 Å². The SMILES string of the molecule is COC(=O)C(Nc1ccc(Cl)cc1)c1c(F)cccc1F. The topological polar surface area (TPSA) is 38.3 Å². The van der Waals surface area contributed by atoms with Gasteiger partial charge in [0, 0.05) is 10.7 Å². The minimum absolute atomic E-state index is 0.390. The lowest BCUT2D eigenvalue weighted by Gasteiger charge is -2.19. The van der Waals surface area contributed by atoms with Gasteiger partial charge in [0.2, 0.25) is 0 Å². The van der Waals surface area contributed by atoms with E-state index in [2.05, 4.69) is 10.1 Å². The van der Waals surface area contributed by atoms with Crippen LogP contribution in [0.2, 0.25) is 5.02 Å². The lowest BCUT2D eigenvalue weighted by atomic mass is 10.0. The van der Waals surface area contributed by atoms with Crippen LogP contribution < -0.4 is 5.32 Å². The van der Waals surface area contributed by atoms with Crippen LogP contribution >= 0.6 is 11.6 Å². The molecule has 0 radical (unpaired) electrons. The molecule has 6 heteroatoms. The van der Waals surface area contributed by atoms with Crippen molar-refractivity contribution in [1.82, 2.24) is 0 Å². The van der Waals surface area contributed by atoms with Crippen LogP contribution in [0.15, 0.2) is 42.5 Å². The summed E-state index contributed by atoms with van der Waals surface area (Å²) in [4.78, 5) is 11.8. The fraction of sp³-hybridized carbons (Fsp3) is 0.133. The van der Waals surface area contributed by atoms with Crippen molar-refractivity contribution in [3.63, 3.8) is 0 Å². The third-order valence-electron chi connectivity index (χ3n) is 2.88. The number of hydrogen-bond acceptors (Lipinski definition) is 3. The summed E-state index contributed by atoms with van der Waals surface area (Å²) in [5.74, 6) is -2.45. The maximum absolute atomic E-state index is 13.9. The molecule has 0 aliphatic rings. The van der Waals surface area contributed by atoms with Crippen LogP contribution in [0.4, 0.5) is 14.5 Å². The Labute approximate surface area is 125 Å². The molecule has 21 heavy (non-hydrogen) atoms. The molecule has 3 nitrogen and oxygen atoms in total. The Bertz CT molecular complexity index is 626. The molecule has 0 heterocycles. The van der Waals surface area contributed by atoms with Crippen LogP contribution in [0.3, 0.4) is 0 Å². The van der Waals surface area contributed by atoms with E-state index >= 15 is 0 Å². The zero-order valence-electron chi connectivity index (χ0n) is 11.1. The summed E-state index contributed by atoms with van der Waals surface area (Å²) >= 11 is 5.77. The molecule has 0 spiro atoms. The number of carbonyl (C=O) groups excluding carboxylic acids is 1. The molecule has 0 bridgehead atoms. The highest BCUT2D eigenvalue weighted by atomic mass is 35.5. The first-order chi connectivity index (χ1) is 10.0. The van der Waals surface area contributed by atoms with Gasteiger partial charge in [-0.3, -0.25) is 0 Å². The van der Waals surface area contributed by atoms with Gasteiger partial charge in [-0.15, -0.1) is 0 Å². The third kappa shape index (κ3) is 3.49. The van der Waals surface area contributed by atoms with Gasteiger partial charge in [-0.2, -0.15) is 0 Å². The average molecular weight is 312 g/mol. The van der Waals surface area contributed by atoms with Crippen molar-refractivity contribution in [3.8, 4) is 0 Å². The second-order valence-electron chi connectivity index (χ2n) is 4.24. The van der Waals surface area contributed by atoms with Crippen molar-refractivity contribution in [3.05, 3.63) is 64.7 Å². The Hall–Kier alpha value is -2.14. The number of esters is 1. The summed E-state index contributed by atoms with van der Waals surface area (Å²) < 4.78 is 32.3. The van der Waals surface area contributed by atoms with Gasteiger partial charge >= 0.3 is 5.97 Å². The van der Waals surface area contributed by atoms with Crippen molar-refractivity contribution in [2.75, 3.05) is 12.4 Å². The number of anilines is 1. The number of rotatable bonds is 4. The molecular formula is C15H12ClF2NO2. The summed E-state index contributed by atoms with van der Waals surface area (Å²) in [5.41, 5.74) is 0.0942. The number of nitrogens with one attached hydrogen (secondary N) is 1. The standard InChI is InChI=1S/C15H12ClF2NO2/c1-21-15(20)14(13-11(17)3-2-4-12(13)18)19-10-7-5-9(16)6-8-10/h2-8,14,19H,1H3. The second-order valence-corrected chi connectivity index (χ2v) is 4.68. The largest absolute Gasteiger partial charge is 0.467 e. The Balaban J connectivity index is 2.39. The first kappa shape index (κ1) is 15.3. The maximum Gasteiger partial charge on any atom is 0.333 e. The molecule has 1 N–H and O–H groups in total. The lowest BCUT2D eigenvalue weighted by Crippen LogP contribution is -2.24. The lowest BCUT2D eigenvalue weighted by molar-refractivity contribution is -0.141. The first-order valence-corrected chi connectivity index (χ1v) is 6.44.